The maximum Gasteiger partial charge on any atom is 0.410 e. The van der Waals surface area contributed by atoms with E-state index in [4.69, 9.17) is 15.4 Å². The van der Waals surface area contributed by atoms with Crippen molar-refractivity contribution in [1.82, 2.24) is 9.21 Å². The van der Waals surface area contributed by atoms with Crippen LogP contribution >= 0.6 is 10.7 Å². The fraction of sp³-hybridized carbons (Fsp3) is 0.900. The van der Waals surface area contributed by atoms with Gasteiger partial charge in [-0.3, -0.25) is 0 Å². The van der Waals surface area contributed by atoms with Gasteiger partial charge >= 0.3 is 6.09 Å². The first-order chi connectivity index (χ1) is 8.00. The van der Waals surface area contributed by atoms with Gasteiger partial charge in [0.1, 0.15) is 5.60 Å². The molecule has 1 heterocycles. The van der Waals surface area contributed by atoms with Gasteiger partial charge in [0.05, 0.1) is 0 Å². The average molecular weight is 299 g/mol. The number of carbonyl (C=O) groups is 1. The number of carbonyl (C=O) groups excluding carboxylic acids is 1. The van der Waals surface area contributed by atoms with E-state index >= 15 is 0 Å². The van der Waals surface area contributed by atoms with Crippen LogP contribution in [0.25, 0.3) is 0 Å². The molecule has 8 heteroatoms. The normalized spacial score (nSPS) is 21.4. The predicted molar refractivity (Wildman–Crippen MR) is 68.7 cm³/mol. The van der Waals surface area contributed by atoms with E-state index in [2.05, 4.69) is 0 Å². The molecule has 0 saturated carbocycles. The lowest BCUT2D eigenvalue weighted by Crippen LogP contribution is -2.39. The Morgan fingerprint density at radius 2 is 2.00 bits per heavy atom. The van der Waals surface area contributed by atoms with Crippen molar-refractivity contribution in [1.29, 1.82) is 0 Å². The minimum Gasteiger partial charge on any atom is -0.444 e. The first-order valence-corrected chi connectivity index (χ1v) is 7.93. The maximum absolute atomic E-state index is 11.8. The van der Waals surface area contributed by atoms with Crippen molar-refractivity contribution in [3.63, 3.8) is 0 Å². The second kappa shape index (κ2) is 5.22. The summed E-state index contributed by atoms with van der Waals surface area (Å²) in [4.78, 5) is 13.3. The minimum atomic E-state index is -3.74. The van der Waals surface area contributed by atoms with E-state index in [9.17, 15) is 13.2 Å². The van der Waals surface area contributed by atoms with Crippen molar-refractivity contribution in [2.75, 3.05) is 20.1 Å². The molecule has 1 aliphatic heterocycles. The molecule has 18 heavy (non-hydrogen) atoms. The van der Waals surface area contributed by atoms with Crippen LogP contribution in [0.3, 0.4) is 0 Å². The Morgan fingerprint density at radius 1 is 1.44 bits per heavy atom. The van der Waals surface area contributed by atoms with Gasteiger partial charge in [-0.25, -0.2) is 4.79 Å². The summed E-state index contributed by atoms with van der Waals surface area (Å²) in [6.45, 7) is 6.13. The van der Waals surface area contributed by atoms with E-state index in [0.29, 0.717) is 19.5 Å². The van der Waals surface area contributed by atoms with E-state index in [1.54, 1.807) is 20.8 Å². The fourth-order valence-corrected chi connectivity index (χ4v) is 2.58. The van der Waals surface area contributed by atoms with E-state index in [0.717, 1.165) is 4.31 Å². The number of hydrogen-bond acceptors (Lipinski definition) is 4. The Bertz CT molecular complexity index is 418. The van der Waals surface area contributed by atoms with Crippen molar-refractivity contribution >= 4 is 26.0 Å². The molecular formula is C10H19ClN2O4S. The Hall–Kier alpha value is -0.530. The Labute approximate surface area is 112 Å². The molecule has 0 aliphatic carbocycles. The number of amides is 1. The standard InChI is InChI=1S/C10H19ClN2O4S/c1-10(2,3)17-9(14)13-6-5-8(7-13)12(4)18(11,15)16/h8H,5-7H2,1-4H3/t8-/m0/s1. The lowest BCUT2D eigenvalue weighted by Gasteiger charge is -2.25. The smallest absolute Gasteiger partial charge is 0.410 e. The first kappa shape index (κ1) is 15.5. The summed E-state index contributed by atoms with van der Waals surface area (Å²) in [5.74, 6) is 0. The highest BCUT2D eigenvalue weighted by Gasteiger charge is 2.35. The summed E-state index contributed by atoms with van der Waals surface area (Å²) in [6, 6.07) is -0.292. The van der Waals surface area contributed by atoms with Crippen LogP contribution in [0.4, 0.5) is 4.79 Å². The van der Waals surface area contributed by atoms with Crippen LogP contribution in [0.2, 0.25) is 0 Å². The van der Waals surface area contributed by atoms with Crippen molar-refractivity contribution in [3.8, 4) is 0 Å². The van der Waals surface area contributed by atoms with Gasteiger partial charge in [-0.15, -0.1) is 0 Å². The van der Waals surface area contributed by atoms with Gasteiger partial charge < -0.3 is 9.64 Å². The molecule has 0 spiro atoms. The molecule has 106 valence electrons. The number of ether oxygens (including phenoxy) is 1. The SMILES string of the molecule is CN([C@H]1CCN(C(=O)OC(C)(C)C)C1)S(=O)(=O)Cl. The highest BCUT2D eigenvalue weighted by atomic mass is 35.7. The molecule has 1 aliphatic rings. The molecule has 1 fully saturated rings. The van der Waals surface area contributed by atoms with Gasteiger partial charge in [-0.1, -0.05) is 0 Å². The van der Waals surface area contributed by atoms with E-state index < -0.39 is 20.9 Å². The highest BCUT2D eigenvalue weighted by molar-refractivity contribution is 8.11. The number of hydrogen-bond donors (Lipinski definition) is 0. The van der Waals surface area contributed by atoms with Crippen LogP contribution < -0.4 is 0 Å². The molecule has 0 unspecified atom stereocenters. The second-order valence-corrected chi connectivity index (χ2v) is 7.90. The molecular weight excluding hydrogens is 280 g/mol. The topological polar surface area (TPSA) is 66.9 Å². The summed E-state index contributed by atoms with van der Waals surface area (Å²) < 4.78 is 28.7. The predicted octanol–water partition coefficient (Wildman–Crippen LogP) is 1.41. The van der Waals surface area contributed by atoms with Crippen LogP contribution in [0.1, 0.15) is 27.2 Å². The van der Waals surface area contributed by atoms with Crippen LogP contribution in [0, 0.1) is 0 Å². The Balaban J connectivity index is 2.59. The monoisotopic (exact) mass is 298 g/mol. The summed E-state index contributed by atoms with van der Waals surface area (Å²) in [6.07, 6.45) is 0.132. The van der Waals surface area contributed by atoms with Crippen LogP contribution in [-0.2, 0) is 14.0 Å². The van der Waals surface area contributed by atoms with Crippen molar-refractivity contribution in [2.24, 2.45) is 0 Å². The molecule has 0 aromatic carbocycles. The Morgan fingerprint density at radius 3 is 2.44 bits per heavy atom. The second-order valence-electron chi connectivity index (χ2n) is 5.33. The van der Waals surface area contributed by atoms with Crippen molar-refractivity contribution < 1.29 is 17.9 Å². The number of rotatable bonds is 2. The summed E-state index contributed by atoms with van der Waals surface area (Å²) >= 11 is 0. The molecule has 0 aromatic rings. The lowest BCUT2D eigenvalue weighted by molar-refractivity contribution is 0.0287. The van der Waals surface area contributed by atoms with E-state index in [1.165, 1.54) is 11.9 Å². The number of nitrogens with zero attached hydrogens (tertiary/aromatic N) is 2. The van der Waals surface area contributed by atoms with Crippen LogP contribution in [0.15, 0.2) is 0 Å². The zero-order valence-electron chi connectivity index (χ0n) is 11.0. The fourth-order valence-electron chi connectivity index (χ4n) is 1.71. The van der Waals surface area contributed by atoms with Crippen LogP contribution in [-0.4, -0.2) is 55.5 Å². The zero-order valence-corrected chi connectivity index (χ0v) is 12.6. The maximum atomic E-state index is 11.8. The van der Waals surface area contributed by atoms with Gasteiger partial charge in [0.15, 0.2) is 0 Å². The molecule has 0 radical (unpaired) electrons. The number of likely N-dealkylation sites (N-methyl/N-ethyl adjacent to an activating group) is 1. The first-order valence-electron chi connectivity index (χ1n) is 5.66. The summed E-state index contributed by atoms with van der Waals surface area (Å²) in [7, 11) is 2.93. The van der Waals surface area contributed by atoms with Crippen molar-refractivity contribution in [3.05, 3.63) is 0 Å². The molecule has 1 rings (SSSR count). The lowest BCUT2D eigenvalue weighted by atomic mass is 10.2. The molecule has 0 N–H and O–H groups in total. The zero-order chi connectivity index (χ0) is 14.1. The van der Waals surface area contributed by atoms with E-state index in [1.807, 2.05) is 0 Å². The Kier molecular flexibility index (Phi) is 4.51. The highest BCUT2D eigenvalue weighted by Crippen LogP contribution is 2.21. The molecule has 6 nitrogen and oxygen atoms in total. The third-order valence-corrected chi connectivity index (χ3v) is 4.31. The molecule has 0 bridgehead atoms. The summed E-state index contributed by atoms with van der Waals surface area (Å²) in [5, 5.41) is 0. The third-order valence-electron chi connectivity index (χ3n) is 2.67. The third kappa shape index (κ3) is 4.29. The van der Waals surface area contributed by atoms with Gasteiger partial charge in [-0.05, 0) is 27.2 Å². The molecule has 0 aromatic heterocycles. The summed E-state index contributed by atoms with van der Waals surface area (Å²) in [5.41, 5.74) is -0.556. The van der Waals surface area contributed by atoms with Gasteiger partial charge in [0.2, 0.25) is 0 Å². The van der Waals surface area contributed by atoms with Crippen LogP contribution in [0.5, 0.6) is 0 Å². The minimum absolute atomic E-state index is 0.292. The number of halogens is 1. The average Bonchev–Trinajstić information content (AvgIpc) is 2.60. The van der Waals surface area contributed by atoms with Gasteiger partial charge in [0, 0.05) is 36.9 Å². The quantitative estimate of drug-likeness (QED) is 0.723. The largest absolute Gasteiger partial charge is 0.444 e. The van der Waals surface area contributed by atoms with Gasteiger partial charge in [-0.2, -0.15) is 12.7 Å². The molecule has 1 amide bonds. The molecule has 1 saturated heterocycles. The van der Waals surface area contributed by atoms with Crippen molar-refractivity contribution in [2.45, 2.75) is 38.8 Å². The molecule has 1 atom stereocenters. The van der Waals surface area contributed by atoms with E-state index in [-0.39, 0.29) is 6.04 Å². The number of likely N-dealkylation sites (tertiary alicyclic amines) is 1. The van der Waals surface area contributed by atoms with Gasteiger partial charge in [0.25, 0.3) is 9.24 Å².